The number of aromatic hydroxyl groups is 1. The average Bonchev–Trinajstić information content (AvgIpc) is 2.73. The molecule has 0 heterocycles. The van der Waals surface area contributed by atoms with E-state index in [1.165, 1.54) is 0 Å². The van der Waals surface area contributed by atoms with E-state index >= 15 is 0 Å². The van der Waals surface area contributed by atoms with Crippen molar-refractivity contribution in [2.24, 2.45) is 0 Å². The Morgan fingerprint density at radius 2 is 1.77 bits per heavy atom. The van der Waals surface area contributed by atoms with Crippen molar-refractivity contribution in [3.8, 4) is 5.75 Å². The number of methoxy groups -OCH3 is 1. The molecule has 2 rings (SSSR count). The molecule has 30 heavy (non-hydrogen) atoms. The van der Waals surface area contributed by atoms with Crippen LogP contribution in [-0.2, 0) is 27.3 Å². The summed E-state index contributed by atoms with van der Waals surface area (Å²) in [5.74, 6) is -0.100. The van der Waals surface area contributed by atoms with Crippen molar-refractivity contribution < 1.29 is 24.2 Å². The number of hydrogen-bond acceptors (Lipinski definition) is 5. The van der Waals surface area contributed by atoms with Crippen molar-refractivity contribution in [2.45, 2.75) is 25.5 Å². The third-order valence-corrected chi connectivity index (χ3v) is 5.81. The van der Waals surface area contributed by atoms with E-state index in [-0.39, 0.29) is 24.7 Å². The minimum atomic E-state index is -0.813. The molecule has 2 aromatic carbocycles. The van der Waals surface area contributed by atoms with Gasteiger partial charge in [-0.1, -0.05) is 30.3 Å². The van der Waals surface area contributed by atoms with Gasteiger partial charge in [-0.3, -0.25) is 4.79 Å². The fourth-order valence-corrected chi connectivity index (χ4v) is 4.54. The summed E-state index contributed by atoms with van der Waals surface area (Å²) >= 11 is 4.07. The van der Waals surface area contributed by atoms with Crippen LogP contribution in [0.3, 0.4) is 0 Å². The molecule has 0 spiro atoms. The van der Waals surface area contributed by atoms with Gasteiger partial charge in [0.2, 0.25) is 5.91 Å². The Balaban J connectivity index is 2.04. The second-order valence-corrected chi connectivity index (χ2v) is 8.83. The first kappa shape index (κ1) is 24.7. The molecule has 0 fully saturated rings. The van der Waals surface area contributed by atoms with Crippen LogP contribution in [0.25, 0.3) is 0 Å². The van der Waals surface area contributed by atoms with E-state index in [1.54, 1.807) is 19.2 Å². The maximum absolute atomic E-state index is 12.7. The first-order valence-electron chi connectivity index (χ1n) is 9.31. The van der Waals surface area contributed by atoms with E-state index in [2.05, 4.69) is 10.6 Å². The van der Waals surface area contributed by atoms with E-state index in [0.29, 0.717) is 26.7 Å². The molecule has 0 bridgehead atoms. The molecule has 3 N–H and O–H groups in total. The number of hydrogen-bond donors (Lipinski definition) is 3. The van der Waals surface area contributed by atoms with Gasteiger partial charge in [0.25, 0.3) is 0 Å². The van der Waals surface area contributed by atoms with Crippen molar-refractivity contribution in [3.63, 3.8) is 0 Å². The van der Waals surface area contributed by atoms with Crippen molar-refractivity contribution in [1.82, 2.24) is 10.6 Å². The van der Waals surface area contributed by atoms with Gasteiger partial charge in [-0.25, -0.2) is 4.79 Å². The number of amides is 2. The average molecular weight is 638 g/mol. The molecule has 0 aromatic heterocycles. The number of nitrogens with one attached hydrogen (secondary N) is 2. The molecule has 2 amide bonds. The van der Waals surface area contributed by atoms with Gasteiger partial charge in [-0.05, 0) is 74.9 Å². The summed E-state index contributed by atoms with van der Waals surface area (Å²) in [6.45, 7) is 1.09. The highest BCUT2D eigenvalue weighted by Gasteiger charge is 2.22. The number of ether oxygens (including phenoxy) is 2. The fourth-order valence-electron chi connectivity index (χ4n) is 2.64. The quantitative estimate of drug-likeness (QED) is 0.273. The van der Waals surface area contributed by atoms with Crippen LogP contribution in [0, 0.1) is 7.14 Å². The van der Waals surface area contributed by atoms with Crippen LogP contribution in [0.2, 0.25) is 0 Å². The Hall–Kier alpha value is -1.60. The summed E-state index contributed by atoms with van der Waals surface area (Å²) in [5, 5.41) is 15.4. The third-order valence-electron chi connectivity index (χ3n) is 4.16. The molecule has 0 unspecified atom stereocenters. The number of alkyl carbamates (subject to hydrolysis) is 1. The molecule has 2 aromatic rings. The van der Waals surface area contributed by atoms with E-state index < -0.39 is 12.1 Å². The summed E-state index contributed by atoms with van der Waals surface area (Å²) in [4.78, 5) is 25.0. The van der Waals surface area contributed by atoms with Gasteiger partial charge in [-0.2, -0.15) is 0 Å². The molecular formula is C21H24I2N2O5. The van der Waals surface area contributed by atoms with Crippen molar-refractivity contribution >= 4 is 57.2 Å². The zero-order chi connectivity index (χ0) is 21.9. The number of halogens is 2. The molecule has 0 saturated heterocycles. The van der Waals surface area contributed by atoms with Gasteiger partial charge in [0.1, 0.15) is 18.4 Å². The second-order valence-electron chi connectivity index (χ2n) is 6.51. The summed E-state index contributed by atoms with van der Waals surface area (Å²) in [5.41, 5.74) is 1.68. The topological polar surface area (TPSA) is 96.9 Å². The Kier molecular flexibility index (Phi) is 10.6. The maximum atomic E-state index is 12.7. The second kappa shape index (κ2) is 13.0. The predicted molar refractivity (Wildman–Crippen MR) is 130 cm³/mol. The summed E-state index contributed by atoms with van der Waals surface area (Å²) < 4.78 is 11.6. The molecule has 0 radical (unpaired) electrons. The van der Waals surface area contributed by atoms with E-state index in [1.807, 2.05) is 75.5 Å². The SMILES string of the molecule is COCCCNC(=O)[C@H](Cc1cc(I)c(O)c(I)c1)NC(=O)OCc1ccccc1. The highest BCUT2D eigenvalue weighted by Crippen LogP contribution is 2.27. The predicted octanol–water partition coefficient (Wildman–Crippen LogP) is 3.59. The van der Waals surface area contributed by atoms with E-state index in [4.69, 9.17) is 9.47 Å². The van der Waals surface area contributed by atoms with Crippen LogP contribution in [0.5, 0.6) is 5.75 Å². The van der Waals surface area contributed by atoms with Gasteiger partial charge in [-0.15, -0.1) is 0 Å². The van der Waals surface area contributed by atoms with Crippen LogP contribution >= 0.6 is 45.2 Å². The van der Waals surface area contributed by atoms with Crippen molar-refractivity contribution in [2.75, 3.05) is 20.3 Å². The molecule has 9 heteroatoms. The maximum Gasteiger partial charge on any atom is 0.408 e. The highest BCUT2D eigenvalue weighted by molar-refractivity contribution is 14.1. The van der Waals surface area contributed by atoms with Gasteiger partial charge in [0, 0.05) is 26.7 Å². The molecule has 0 aliphatic carbocycles. The lowest BCUT2D eigenvalue weighted by Crippen LogP contribution is -2.48. The Morgan fingerprint density at radius 3 is 2.40 bits per heavy atom. The van der Waals surface area contributed by atoms with Gasteiger partial charge in [0.15, 0.2) is 0 Å². The lowest BCUT2D eigenvalue weighted by molar-refractivity contribution is -0.123. The zero-order valence-electron chi connectivity index (χ0n) is 16.5. The number of phenolic OH excluding ortho intramolecular Hbond substituents is 1. The first-order chi connectivity index (χ1) is 14.4. The molecule has 0 aliphatic rings. The third kappa shape index (κ3) is 8.26. The fraction of sp³-hybridized carbons (Fsp3) is 0.333. The largest absolute Gasteiger partial charge is 0.506 e. The Morgan fingerprint density at radius 1 is 1.10 bits per heavy atom. The minimum Gasteiger partial charge on any atom is -0.506 e. The number of phenols is 1. The van der Waals surface area contributed by atoms with Crippen LogP contribution in [0.4, 0.5) is 4.79 Å². The van der Waals surface area contributed by atoms with Gasteiger partial charge < -0.3 is 25.2 Å². The summed E-state index contributed by atoms with van der Waals surface area (Å²) in [6.07, 6.45) is 0.268. The standard InChI is InChI=1S/C21H24I2N2O5/c1-29-9-5-8-24-20(27)18(12-15-10-16(22)19(26)17(23)11-15)25-21(28)30-13-14-6-3-2-4-7-14/h2-4,6-7,10-11,18,26H,5,8-9,12-13H2,1H3,(H,24,27)(H,25,28)/t18-/m0/s1. The molecule has 0 aliphatic heterocycles. The normalized spacial score (nSPS) is 11.6. The minimum absolute atomic E-state index is 0.115. The number of carbonyl (C=O) groups excluding carboxylic acids is 2. The molecule has 0 saturated carbocycles. The number of carbonyl (C=O) groups is 2. The highest BCUT2D eigenvalue weighted by atomic mass is 127. The van der Waals surface area contributed by atoms with Crippen LogP contribution in [-0.4, -0.2) is 43.4 Å². The molecule has 1 atom stereocenters. The van der Waals surface area contributed by atoms with Gasteiger partial charge >= 0.3 is 6.09 Å². The van der Waals surface area contributed by atoms with Gasteiger partial charge in [0.05, 0.1) is 7.14 Å². The summed E-state index contributed by atoms with van der Waals surface area (Å²) in [6, 6.07) is 12.1. The van der Waals surface area contributed by atoms with Crippen LogP contribution in [0.1, 0.15) is 17.5 Å². The van der Waals surface area contributed by atoms with Crippen molar-refractivity contribution in [3.05, 3.63) is 60.7 Å². The molecule has 162 valence electrons. The molecule has 7 nitrogen and oxygen atoms in total. The lowest BCUT2D eigenvalue weighted by Gasteiger charge is -2.19. The zero-order valence-corrected chi connectivity index (χ0v) is 20.8. The van der Waals surface area contributed by atoms with Crippen molar-refractivity contribution in [1.29, 1.82) is 0 Å². The number of benzene rings is 2. The first-order valence-corrected chi connectivity index (χ1v) is 11.5. The summed E-state index contributed by atoms with van der Waals surface area (Å²) in [7, 11) is 1.60. The lowest BCUT2D eigenvalue weighted by atomic mass is 10.1. The monoisotopic (exact) mass is 638 g/mol. The molecular weight excluding hydrogens is 614 g/mol. The van der Waals surface area contributed by atoms with E-state index in [9.17, 15) is 14.7 Å². The van der Waals surface area contributed by atoms with E-state index in [0.717, 1.165) is 11.1 Å². The Labute approximate surface area is 203 Å². The number of rotatable bonds is 10. The van der Waals surface area contributed by atoms with Crippen LogP contribution < -0.4 is 10.6 Å². The Bertz CT molecular complexity index is 826. The smallest absolute Gasteiger partial charge is 0.408 e. The van der Waals surface area contributed by atoms with Crippen LogP contribution in [0.15, 0.2) is 42.5 Å².